The number of hydrogen-bond acceptors (Lipinski definition) is 6. The minimum absolute atomic E-state index is 0.570. The van der Waals surface area contributed by atoms with Gasteiger partial charge in [0.15, 0.2) is 0 Å². The third kappa shape index (κ3) is 13.1. The van der Waals surface area contributed by atoms with Gasteiger partial charge in [0.25, 0.3) is 0 Å². The smallest absolute Gasteiger partial charge is 0.0729 e. The number of aliphatic hydroxyl groups excluding tert-OH is 2. The topological polar surface area (TPSA) is 99.0 Å². The lowest BCUT2D eigenvalue weighted by molar-refractivity contribution is -0.0770. The Morgan fingerprint density at radius 3 is 0.900 bits per heavy atom. The van der Waals surface area contributed by atoms with Crippen LogP contribution in [0.2, 0.25) is 0 Å². The Kier molecular flexibility index (Phi) is 20.8. The summed E-state index contributed by atoms with van der Waals surface area (Å²) in [6, 6.07) is 30.7. The Bertz CT molecular complexity index is 2320. The molecule has 0 saturated heterocycles. The van der Waals surface area contributed by atoms with E-state index < -0.39 is 24.0 Å². The van der Waals surface area contributed by atoms with E-state index in [1.807, 2.05) is 0 Å². The van der Waals surface area contributed by atoms with E-state index in [4.69, 9.17) is 11.5 Å². The highest BCUT2D eigenvalue weighted by Gasteiger charge is 2.53. The molecule has 1 saturated carbocycles. The zero-order chi connectivity index (χ0) is 49.2. The molecule has 1 aliphatic carbocycles. The van der Waals surface area contributed by atoms with E-state index in [-0.39, 0.29) is 0 Å². The highest BCUT2D eigenvalue weighted by atomic mass is 16.3. The SMILES string of the molecule is CCCCCCCCN(CCCCCCCC)c1cc(N)c(C2C(O)C(c3c(N)cc(N(CCCCCCCC)CCCCCCCC)c4cc5ccccc5cc34)C2O)c2cc3ccccc3cc12. The van der Waals surface area contributed by atoms with Crippen LogP contribution in [-0.4, -0.2) is 48.6 Å². The molecule has 0 amide bonds. The predicted molar refractivity (Wildman–Crippen MR) is 307 cm³/mol. The first-order chi connectivity index (χ1) is 34.3. The fourth-order valence-corrected chi connectivity index (χ4v) is 12.0. The van der Waals surface area contributed by atoms with E-state index in [1.54, 1.807) is 0 Å². The van der Waals surface area contributed by atoms with Crippen LogP contribution >= 0.6 is 0 Å². The van der Waals surface area contributed by atoms with Crippen LogP contribution in [0.15, 0.2) is 84.9 Å². The molecule has 0 aromatic heterocycles. The maximum atomic E-state index is 12.7. The Morgan fingerprint density at radius 2 is 0.614 bits per heavy atom. The number of rotatable bonds is 32. The fourth-order valence-electron chi connectivity index (χ4n) is 12.0. The maximum Gasteiger partial charge on any atom is 0.0729 e. The summed E-state index contributed by atoms with van der Waals surface area (Å²) in [5.41, 5.74) is 20.0. The van der Waals surface area contributed by atoms with Crippen molar-refractivity contribution in [2.75, 3.05) is 47.4 Å². The molecular weight excluding hydrogens is 857 g/mol. The van der Waals surface area contributed by atoms with Crippen molar-refractivity contribution in [1.29, 1.82) is 0 Å². The van der Waals surface area contributed by atoms with Gasteiger partial charge in [0.05, 0.1) is 12.2 Å². The van der Waals surface area contributed by atoms with Crippen molar-refractivity contribution in [2.24, 2.45) is 0 Å². The molecule has 6 aromatic carbocycles. The molecular formula is C64H92N4O2. The van der Waals surface area contributed by atoms with Crippen LogP contribution < -0.4 is 21.3 Å². The molecule has 6 N–H and O–H groups in total. The third-order valence-electron chi connectivity index (χ3n) is 16.1. The van der Waals surface area contributed by atoms with Crippen LogP contribution in [0.4, 0.5) is 22.7 Å². The normalized spacial score (nSPS) is 17.0. The van der Waals surface area contributed by atoms with Crippen LogP contribution in [-0.2, 0) is 0 Å². The molecule has 7 rings (SSSR count). The molecule has 0 heterocycles. The Balaban J connectivity index is 1.25. The first-order valence-electron chi connectivity index (χ1n) is 28.7. The molecule has 6 aromatic rings. The number of nitrogens with two attached hydrogens (primary N) is 2. The van der Waals surface area contributed by atoms with Crippen LogP contribution in [0.1, 0.15) is 205 Å². The average Bonchev–Trinajstić information content (AvgIpc) is 3.37. The second kappa shape index (κ2) is 27.3. The molecule has 0 unspecified atom stereocenters. The minimum atomic E-state index is -0.884. The largest absolute Gasteiger partial charge is 0.398 e. The van der Waals surface area contributed by atoms with Gasteiger partial charge < -0.3 is 31.5 Å². The lowest BCUT2D eigenvalue weighted by Crippen LogP contribution is -2.52. The van der Waals surface area contributed by atoms with Crippen molar-refractivity contribution in [3.8, 4) is 0 Å². The van der Waals surface area contributed by atoms with Crippen molar-refractivity contribution in [3.05, 3.63) is 96.1 Å². The van der Waals surface area contributed by atoms with Crippen molar-refractivity contribution in [1.82, 2.24) is 0 Å². The van der Waals surface area contributed by atoms with Crippen LogP contribution in [0.25, 0.3) is 43.1 Å². The number of anilines is 4. The van der Waals surface area contributed by atoms with Crippen molar-refractivity contribution in [3.63, 3.8) is 0 Å². The lowest BCUT2D eigenvalue weighted by Gasteiger charge is -2.48. The molecule has 1 fully saturated rings. The summed E-state index contributed by atoms with van der Waals surface area (Å²) < 4.78 is 0. The van der Waals surface area contributed by atoms with Gasteiger partial charge in [-0.2, -0.15) is 0 Å². The van der Waals surface area contributed by atoms with Crippen LogP contribution in [0, 0.1) is 0 Å². The van der Waals surface area contributed by atoms with Crippen molar-refractivity contribution in [2.45, 2.75) is 206 Å². The van der Waals surface area contributed by atoms with Gasteiger partial charge >= 0.3 is 0 Å². The van der Waals surface area contributed by atoms with Gasteiger partial charge in [-0.15, -0.1) is 0 Å². The van der Waals surface area contributed by atoms with E-state index in [2.05, 4.69) is 122 Å². The summed E-state index contributed by atoms with van der Waals surface area (Å²) >= 11 is 0. The van der Waals surface area contributed by atoms with Gasteiger partial charge in [0.2, 0.25) is 0 Å². The summed E-state index contributed by atoms with van der Waals surface area (Å²) in [6.07, 6.45) is 28.3. The molecule has 0 aliphatic heterocycles. The summed E-state index contributed by atoms with van der Waals surface area (Å²) in [5, 5.41) is 34.5. The van der Waals surface area contributed by atoms with Gasteiger partial charge in [0.1, 0.15) is 0 Å². The highest BCUT2D eigenvalue weighted by molar-refractivity contribution is 6.09. The Labute approximate surface area is 423 Å². The molecule has 0 spiro atoms. The molecule has 0 radical (unpaired) electrons. The number of fused-ring (bicyclic) bond motifs is 4. The number of aliphatic hydroxyl groups is 2. The zero-order valence-corrected chi connectivity index (χ0v) is 44.1. The van der Waals surface area contributed by atoms with E-state index in [9.17, 15) is 10.2 Å². The molecule has 70 heavy (non-hydrogen) atoms. The number of nitrogens with zero attached hydrogens (tertiary/aromatic N) is 2. The number of benzene rings is 6. The quantitative estimate of drug-likeness (QED) is 0.0191. The number of hydrogen-bond donors (Lipinski definition) is 4. The summed E-state index contributed by atoms with van der Waals surface area (Å²) in [5.74, 6) is -1.14. The Hall–Kier alpha value is -4.52. The van der Waals surface area contributed by atoms with Gasteiger partial charge in [-0.25, -0.2) is 0 Å². The first kappa shape index (κ1) is 53.3. The van der Waals surface area contributed by atoms with Crippen LogP contribution in [0.3, 0.4) is 0 Å². The van der Waals surface area contributed by atoms with Gasteiger partial charge in [-0.3, -0.25) is 0 Å². The van der Waals surface area contributed by atoms with Crippen molar-refractivity contribution >= 4 is 65.8 Å². The lowest BCUT2D eigenvalue weighted by atomic mass is 9.61. The van der Waals surface area contributed by atoms with E-state index in [0.717, 1.165) is 95.3 Å². The second-order valence-electron chi connectivity index (χ2n) is 21.4. The summed E-state index contributed by atoms with van der Waals surface area (Å²) in [4.78, 5) is 5.21. The van der Waals surface area contributed by atoms with Crippen molar-refractivity contribution < 1.29 is 10.2 Å². The van der Waals surface area contributed by atoms with Gasteiger partial charge in [-0.1, -0.05) is 205 Å². The third-order valence-corrected chi connectivity index (χ3v) is 16.1. The number of unbranched alkanes of at least 4 members (excludes halogenated alkanes) is 20. The van der Waals surface area contributed by atoms with Gasteiger partial charge in [-0.05, 0) is 106 Å². The van der Waals surface area contributed by atoms with E-state index in [1.165, 1.54) is 151 Å². The number of nitrogen functional groups attached to an aromatic ring is 2. The summed E-state index contributed by atoms with van der Waals surface area (Å²) in [6.45, 7) is 13.1. The molecule has 6 heteroatoms. The first-order valence-corrected chi connectivity index (χ1v) is 28.7. The highest BCUT2D eigenvalue weighted by Crippen LogP contribution is 2.55. The van der Waals surface area contributed by atoms with E-state index in [0.29, 0.717) is 11.4 Å². The molecule has 0 bridgehead atoms. The minimum Gasteiger partial charge on any atom is -0.398 e. The van der Waals surface area contributed by atoms with E-state index >= 15 is 0 Å². The molecule has 0 atom stereocenters. The van der Waals surface area contributed by atoms with Gasteiger partial charge in [0, 0.05) is 71.5 Å². The van der Waals surface area contributed by atoms with Crippen LogP contribution in [0.5, 0.6) is 0 Å². The Morgan fingerprint density at radius 1 is 0.357 bits per heavy atom. The fraction of sp³-hybridized carbons (Fsp3) is 0.562. The average molecular weight is 949 g/mol. The molecule has 380 valence electrons. The molecule has 1 aliphatic rings. The molecule has 6 nitrogen and oxygen atoms in total. The second-order valence-corrected chi connectivity index (χ2v) is 21.4. The monoisotopic (exact) mass is 949 g/mol. The standard InChI is InChI=1S/C64H92N4O2/c1-5-9-13-17-21-29-37-67(38-30-22-18-14-10-6-2)57-45-55(65)59(53-43-49-35-27-25-33-47(49)41-51(53)57)61-63(69)62(64(61)70)60-54-44-50-36-28-26-34-48(50)42-52(54)58(46-56(60)66)68(39-31-23-19-15-11-7-3)40-32-24-20-16-12-8-4/h25-28,33-36,41-46,61-64,69-70H,5-24,29-32,37-40,65-66H2,1-4H3. The predicted octanol–water partition coefficient (Wildman–Crippen LogP) is 17.1. The zero-order valence-electron chi connectivity index (χ0n) is 44.1. The maximum absolute atomic E-state index is 12.7. The summed E-state index contributed by atoms with van der Waals surface area (Å²) in [7, 11) is 0.